The van der Waals surface area contributed by atoms with E-state index in [1.54, 1.807) is 24.3 Å². The second kappa shape index (κ2) is 6.10. The van der Waals surface area contributed by atoms with E-state index in [0.29, 0.717) is 0 Å². The Balaban J connectivity index is 1.71. The number of ketones is 1. The lowest BCUT2D eigenvalue weighted by Crippen LogP contribution is -2.50. The normalized spacial score (nSPS) is 29.5. The Kier molecular flexibility index (Phi) is 3.93. The fourth-order valence-electron chi connectivity index (χ4n) is 4.20. The molecule has 1 heterocycles. The topological polar surface area (TPSA) is 29.1 Å². The van der Waals surface area contributed by atoms with Crippen molar-refractivity contribution in [2.24, 2.45) is 11.8 Å². The molecule has 0 amide bonds. The summed E-state index contributed by atoms with van der Waals surface area (Å²) in [6, 6.07) is 12.5. The lowest BCUT2D eigenvalue weighted by Gasteiger charge is -2.45. The third-order valence-electron chi connectivity index (χ3n) is 5.38. The molecule has 2 aliphatic rings. The second-order valence-electron chi connectivity index (χ2n) is 6.77. The van der Waals surface area contributed by atoms with E-state index >= 15 is 0 Å². The van der Waals surface area contributed by atoms with Gasteiger partial charge in [0, 0.05) is 23.9 Å². The molecule has 4 heteroatoms. The highest BCUT2D eigenvalue weighted by Crippen LogP contribution is 2.45. The number of piperidine rings is 1. The second-order valence-corrected chi connectivity index (χ2v) is 6.77. The summed E-state index contributed by atoms with van der Waals surface area (Å²) in [5, 5.41) is 3.59. The molecule has 1 saturated carbocycles. The Morgan fingerprint density at radius 3 is 1.58 bits per heavy atom. The van der Waals surface area contributed by atoms with Crippen LogP contribution in [-0.2, 0) is 4.79 Å². The van der Waals surface area contributed by atoms with Gasteiger partial charge in [0.1, 0.15) is 17.4 Å². The molecule has 0 unspecified atom stereocenters. The zero-order valence-corrected chi connectivity index (χ0v) is 13.2. The smallest absolute Gasteiger partial charge is 0.142 e. The van der Waals surface area contributed by atoms with Crippen LogP contribution >= 0.6 is 0 Å². The minimum atomic E-state index is -0.280. The average Bonchev–Trinajstić information content (AvgIpc) is 2.57. The highest BCUT2D eigenvalue weighted by atomic mass is 19.1. The molecule has 0 radical (unpaired) electrons. The minimum Gasteiger partial charge on any atom is -0.302 e. The van der Waals surface area contributed by atoms with E-state index in [1.165, 1.54) is 24.3 Å². The molecular formula is C20H19F2NO. The van der Waals surface area contributed by atoms with Crippen LogP contribution in [0.15, 0.2) is 48.5 Å². The molecular weight excluding hydrogens is 308 g/mol. The van der Waals surface area contributed by atoms with Crippen LogP contribution < -0.4 is 5.32 Å². The number of fused-ring (bicyclic) bond motifs is 2. The Hall–Kier alpha value is -2.07. The molecule has 2 fully saturated rings. The zero-order chi connectivity index (χ0) is 16.7. The van der Waals surface area contributed by atoms with Gasteiger partial charge in [-0.2, -0.15) is 0 Å². The maximum absolute atomic E-state index is 13.2. The molecule has 2 bridgehead atoms. The maximum atomic E-state index is 13.2. The standard InChI is InChI=1S/C20H19F2NO/c21-14-8-4-12(5-9-14)18-16-2-1-3-17(20(16)24)19(23-18)13-6-10-15(22)11-7-13/h4-11,16-19,23H,1-3H2/t16-,17-,18-,19+/m1/s1. The predicted octanol–water partition coefficient (Wildman–Crippen LogP) is 4.34. The summed E-state index contributed by atoms with van der Waals surface area (Å²) in [5.41, 5.74) is 1.87. The number of carbonyl (C=O) groups is 1. The van der Waals surface area contributed by atoms with Crippen LogP contribution in [0.25, 0.3) is 0 Å². The summed E-state index contributed by atoms with van der Waals surface area (Å²) in [7, 11) is 0. The number of benzene rings is 2. The van der Waals surface area contributed by atoms with Gasteiger partial charge >= 0.3 is 0 Å². The fourth-order valence-corrected chi connectivity index (χ4v) is 4.20. The first kappa shape index (κ1) is 15.5. The minimum absolute atomic E-state index is 0.0640. The van der Waals surface area contributed by atoms with Crippen molar-refractivity contribution in [3.05, 3.63) is 71.3 Å². The summed E-state index contributed by atoms with van der Waals surface area (Å²) >= 11 is 0. The quantitative estimate of drug-likeness (QED) is 0.889. The van der Waals surface area contributed by atoms with Gasteiger partial charge in [-0.15, -0.1) is 0 Å². The number of Topliss-reactive ketones (excluding diaryl/α,β-unsaturated/α-hetero) is 1. The number of hydrogen-bond donors (Lipinski definition) is 1. The number of nitrogens with one attached hydrogen (secondary N) is 1. The van der Waals surface area contributed by atoms with Crippen LogP contribution in [0.4, 0.5) is 8.78 Å². The van der Waals surface area contributed by atoms with Crippen molar-refractivity contribution in [2.75, 3.05) is 0 Å². The van der Waals surface area contributed by atoms with Crippen molar-refractivity contribution < 1.29 is 13.6 Å². The molecule has 1 saturated heterocycles. The van der Waals surface area contributed by atoms with Crippen molar-refractivity contribution in [3.63, 3.8) is 0 Å². The molecule has 124 valence electrons. The molecule has 1 aliphatic heterocycles. The predicted molar refractivity (Wildman–Crippen MR) is 87.3 cm³/mol. The molecule has 24 heavy (non-hydrogen) atoms. The van der Waals surface area contributed by atoms with Crippen LogP contribution in [0.2, 0.25) is 0 Å². The Morgan fingerprint density at radius 2 is 1.17 bits per heavy atom. The van der Waals surface area contributed by atoms with E-state index in [9.17, 15) is 13.6 Å². The number of hydrogen-bond acceptors (Lipinski definition) is 2. The van der Waals surface area contributed by atoms with E-state index in [1.807, 2.05) is 0 Å². The average molecular weight is 327 g/mol. The molecule has 2 nitrogen and oxygen atoms in total. The summed E-state index contributed by atoms with van der Waals surface area (Å²) in [4.78, 5) is 12.9. The highest BCUT2D eigenvalue weighted by Gasteiger charge is 2.46. The van der Waals surface area contributed by atoms with E-state index < -0.39 is 0 Å². The number of carbonyl (C=O) groups excluding carboxylic acids is 1. The van der Waals surface area contributed by atoms with Gasteiger partial charge in [0.15, 0.2) is 0 Å². The van der Waals surface area contributed by atoms with Crippen LogP contribution in [0.3, 0.4) is 0 Å². The van der Waals surface area contributed by atoms with Gasteiger partial charge in [0.05, 0.1) is 0 Å². The van der Waals surface area contributed by atoms with Crippen molar-refractivity contribution in [1.29, 1.82) is 0 Å². The zero-order valence-electron chi connectivity index (χ0n) is 13.2. The molecule has 1 N–H and O–H groups in total. The SMILES string of the molecule is O=C1[C@@H]2CCC[C@@H]1[C@H](c1ccc(F)cc1)N[C@@H]2c1ccc(F)cc1. The van der Waals surface area contributed by atoms with Gasteiger partial charge in [-0.3, -0.25) is 4.79 Å². The first-order valence-corrected chi connectivity index (χ1v) is 8.44. The van der Waals surface area contributed by atoms with Crippen molar-refractivity contribution in [3.8, 4) is 0 Å². The van der Waals surface area contributed by atoms with Gasteiger partial charge in [0.2, 0.25) is 0 Å². The highest BCUT2D eigenvalue weighted by molar-refractivity contribution is 5.86. The van der Waals surface area contributed by atoms with Gasteiger partial charge in [-0.1, -0.05) is 30.7 Å². The summed E-state index contributed by atoms with van der Waals surface area (Å²) in [6.45, 7) is 0. The monoisotopic (exact) mass is 327 g/mol. The van der Waals surface area contributed by atoms with Gasteiger partial charge in [-0.25, -0.2) is 8.78 Å². The van der Waals surface area contributed by atoms with Crippen LogP contribution in [0.1, 0.15) is 42.5 Å². The van der Waals surface area contributed by atoms with Crippen LogP contribution in [0.5, 0.6) is 0 Å². The van der Waals surface area contributed by atoms with Gasteiger partial charge < -0.3 is 5.32 Å². The lowest BCUT2D eigenvalue weighted by molar-refractivity contribution is -0.135. The van der Waals surface area contributed by atoms with E-state index in [4.69, 9.17) is 0 Å². The Morgan fingerprint density at radius 1 is 0.750 bits per heavy atom. The third-order valence-corrected chi connectivity index (χ3v) is 5.38. The summed E-state index contributed by atoms with van der Waals surface area (Å²) in [6.07, 6.45) is 2.74. The summed E-state index contributed by atoms with van der Waals surface area (Å²) < 4.78 is 26.5. The van der Waals surface area contributed by atoms with Crippen molar-refractivity contribution in [1.82, 2.24) is 5.32 Å². The molecule has 0 aromatic heterocycles. The van der Waals surface area contributed by atoms with Crippen LogP contribution in [0, 0.1) is 23.5 Å². The first-order valence-electron chi connectivity index (χ1n) is 8.44. The Bertz CT molecular complexity index is 680. The number of rotatable bonds is 2. The van der Waals surface area contributed by atoms with Crippen LogP contribution in [-0.4, -0.2) is 5.78 Å². The van der Waals surface area contributed by atoms with E-state index in [2.05, 4.69) is 5.32 Å². The van der Waals surface area contributed by atoms with E-state index in [-0.39, 0.29) is 41.3 Å². The molecule has 2 aromatic rings. The van der Waals surface area contributed by atoms with E-state index in [0.717, 1.165) is 30.4 Å². The molecule has 1 aliphatic carbocycles. The maximum Gasteiger partial charge on any atom is 0.142 e. The lowest BCUT2D eigenvalue weighted by atomic mass is 9.67. The van der Waals surface area contributed by atoms with Gasteiger partial charge in [-0.05, 0) is 48.2 Å². The van der Waals surface area contributed by atoms with Gasteiger partial charge in [0.25, 0.3) is 0 Å². The number of halogens is 2. The Labute approximate surface area is 139 Å². The van der Waals surface area contributed by atoms with Crippen molar-refractivity contribution >= 4 is 5.78 Å². The molecule has 2 aromatic carbocycles. The molecule has 0 spiro atoms. The molecule has 4 rings (SSSR count). The fraction of sp³-hybridized carbons (Fsp3) is 0.350. The third kappa shape index (κ3) is 2.65. The molecule has 4 atom stereocenters. The first-order chi connectivity index (χ1) is 11.6. The largest absolute Gasteiger partial charge is 0.302 e. The van der Waals surface area contributed by atoms with Crippen molar-refractivity contribution in [2.45, 2.75) is 31.3 Å². The summed E-state index contributed by atoms with van der Waals surface area (Å²) in [5.74, 6) is -0.407.